The molecule has 0 saturated carbocycles. The Morgan fingerprint density at radius 2 is 1.85 bits per heavy atom. The Bertz CT molecular complexity index is 971. The summed E-state index contributed by atoms with van der Waals surface area (Å²) in [5.41, 5.74) is 0.349. The zero-order valence-corrected chi connectivity index (χ0v) is 16.3. The molecule has 0 amide bonds. The minimum Gasteiger partial charge on any atom is -0.474 e. The molecular weight excluding hydrogens is 392 g/mol. The Morgan fingerprint density at radius 1 is 1.11 bits per heavy atom. The summed E-state index contributed by atoms with van der Waals surface area (Å²) in [6.45, 7) is 0.686. The van der Waals surface area contributed by atoms with Gasteiger partial charge in [0.15, 0.2) is 0 Å². The summed E-state index contributed by atoms with van der Waals surface area (Å²) in [6.07, 6.45) is 6.21. The molecule has 3 rings (SSSR count). The van der Waals surface area contributed by atoms with Crippen molar-refractivity contribution in [2.45, 2.75) is 23.8 Å². The molecule has 0 radical (unpaired) electrons. The summed E-state index contributed by atoms with van der Waals surface area (Å²) < 4.78 is 57.1. The van der Waals surface area contributed by atoms with E-state index >= 15 is 0 Å². The van der Waals surface area contributed by atoms with Gasteiger partial charge in [0.1, 0.15) is 11.0 Å². The van der Waals surface area contributed by atoms with Crippen LogP contribution >= 0.6 is 0 Å². The Morgan fingerprint density at radius 3 is 2.41 bits per heavy atom. The third-order valence-electron chi connectivity index (χ3n) is 4.00. The van der Waals surface area contributed by atoms with Crippen molar-refractivity contribution in [3.05, 3.63) is 42.9 Å². The van der Waals surface area contributed by atoms with Crippen LogP contribution in [-0.4, -0.2) is 56.6 Å². The first kappa shape index (κ1) is 19.5. The fraction of sp³-hybridized carbons (Fsp3) is 0.375. The summed E-state index contributed by atoms with van der Waals surface area (Å²) in [7, 11) is -6.90. The van der Waals surface area contributed by atoms with E-state index in [-0.39, 0.29) is 11.0 Å². The van der Waals surface area contributed by atoms with Gasteiger partial charge in [-0.3, -0.25) is 9.71 Å². The number of ether oxygens (including phenoxy) is 1. The first-order valence-electron chi connectivity index (χ1n) is 8.25. The average Bonchev–Trinajstić information content (AvgIpc) is 2.63. The summed E-state index contributed by atoms with van der Waals surface area (Å²) in [6, 6.07) is 6.26. The predicted molar refractivity (Wildman–Crippen MR) is 99.3 cm³/mol. The minimum atomic E-state index is -3.55. The molecule has 1 saturated heterocycles. The maximum atomic E-state index is 12.6. The molecule has 0 atom stereocenters. The fourth-order valence-corrected chi connectivity index (χ4v) is 4.72. The van der Waals surface area contributed by atoms with Crippen LogP contribution in [0.25, 0.3) is 0 Å². The number of nitrogens with one attached hydrogen (secondary N) is 1. The number of nitrogens with zero attached hydrogens (tertiary/aromatic N) is 3. The summed E-state index contributed by atoms with van der Waals surface area (Å²) >= 11 is 0. The van der Waals surface area contributed by atoms with Gasteiger partial charge in [-0.15, -0.1) is 0 Å². The highest BCUT2D eigenvalue weighted by Crippen LogP contribution is 2.23. The van der Waals surface area contributed by atoms with Gasteiger partial charge in [0.2, 0.25) is 25.9 Å². The van der Waals surface area contributed by atoms with Crippen molar-refractivity contribution in [1.29, 1.82) is 0 Å². The van der Waals surface area contributed by atoms with E-state index in [0.717, 1.165) is 6.26 Å². The standard InChI is InChI=1S/C16H20N4O5S2/c1-26(21,22)19-13-4-5-16(18-11-13)25-14-6-9-20(10-7-14)27(23,24)15-3-2-8-17-12-15/h2-5,8,11-12,14,19H,6-7,9-10H2,1H3. The third-order valence-corrected chi connectivity index (χ3v) is 6.49. The molecule has 27 heavy (non-hydrogen) atoms. The van der Waals surface area contributed by atoms with Crippen molar-refractivity contribution in [1.82, 2.24) is 14.3 Å². The molecule has 0 aliphatic carbocycles. The highest BCUT2D eigenvalue weighted by molar-refractivity contribution is 7.92. The van der Waals surface area contributed by atoms with E-state index in [9.17, 15) is 16.8 Å². The lowest BCUT2D eigenvalue weighted by Gasteiger charge is -2.31. The molecule has 3 heterocycles. The van der Waals surface area contributed by atoms with Crippen LogP contribution in [0.3, 0.4) is 0 Å². The maximum absolute atomic E-state index is 12.6. The lowest BCUT2D eigenvalue weighted by atomic mass is 10.1. The first-order chi connectivity index (χ1) is 12.7. The van der Waals surface area contributed by atoms with Crippen molar-refractivity contribution in [2.24, 2.45) is 0 Å². The number of hydrogen-bond acceptors (Lipinski definition) is 7. The SMILES string of the molecule is CS(=O)(=O)Nc1ccc(OC2CCN(S(=O)(=O)c3cccnc3)CC2)nc1. The minimum absolute atomic E-state index is 0.161. The van der Waals surface area contributed by atoms with E-state index in [4.69, 9.17) is 4.74 Å². The van der Waals surface area contributed by atoms with Crippen LogP contribution in [0.15, 0.2) is 47.8 Å². The van der Waals surface area contributed by atoms with Gasteiger partial charge in [-0.1, -0.05) is 0 Å². The second kappa shape index (κ2) is 7.79. The van der Waals surface area contributed by atoms with Crippen LogP contribution in [0, 0.1) is 0 Å². The molecule has 1 aliphatic rings. The largest absolute Gasteiger partial charge is 0.474 e. The second-order valence-corrected chi connectivity index (χ2v) is 9.86. The third kappa shape index (κ3) is 5.15. The molecule has 2 aromatic heterocycles. The van der Waals surface area contributed by atoms with E-state index in [2.05, 4.69) is 14.7 Å². The predicted octanol–water partition coefficient (Wildman–Crippen LogP) is 1.08. The van der Waals surface area contributed by atoms with Gasteiger partial charge < -0.3 is 4.74 Å². The van der Waals surface area contributed by atoms with Crippen molar-refractivity contribution >= 4 is 25.7 Å². The van der Waals surface area contributed by atoms with Crippen molar-refractivity contribution in [3.8, 4) is 5.88 Å². The lowest BCUT2D eigenvalue weighted by molar-refractivity contribution is 0.130. The molecule has 11 heteroatoms. The molecule has 2 aromatic rings. The van der Waals surface area contributed by atoms with Gasteiger partial charge in [0.25, 0.3) is 0 Å². The zero-order valence-electron chi connectivity index (χ0n) is 14.6. The lowest BCUT2D eigenvalue weighted by Crippen LogP contribution is -2.41. The van der Waals surface area contributed by atoms with E-state index in [1.54, 1.807) is 18.2 Å². The zero-order chi connectivity index (χ0) is 19.5. The summed E-state index contributed by atoms with van der Waals surface area (Å²) in [5.74, 6) is 0.364. The fourth-order valence-electron chi connectivity index (χ4n) is 2.73. The number of hydrogen-bond donors (Lipinski definition) is 1. The van der Waals surface area contributed by atoms with Crippen molar-refractivity contribution < 1.29 is 21.6 Å². The smallest absolute Gasteiger partial charge is 0.244 e. The van der Waals surface area contributed by atoms with Gasteiger partial charge in [-0.2, -0.15) is 4.31 Å². The number of rotatable bonds is 6. The maximum Gasteiger partial charge on any atom is 0.244 e. The van der Waals surface area contributed by atoms with Crippen LogP contribution < -0.4 is 9.46 Å². The van der Waals surface area contributed by atoms with Crippen LogP contribution in [-0.2, 0) is 20.0 Å². The normalized spacial score (nSPS) is 16.8. The van der Waals surface area contributed by atoms with Gasteiger partial charge in [-0.25, -0.2) is 21.8 Å². The molecule has 1 N–H and O–H groups in total. The van der Waals surface area contributed by atoms with Crippen LogP contribution in [0.2, 0.25) is 0 Å². The Kier molecular flexibility index (Phi) is 5.63. The second-order valence-electron chi connectivity index (χ2n) is 6.17. The van der Waals surface area contributed by atoms with Gasteiger partial charge >= 0.3 is 0 Å². The van der Waals surface area contributed by atoms with Crippen LogP contribution in [0.1, 0.15) is 12.8 Å². The molecule has 1 aliphatic heterocycles. The van der Waals surface area contributed by atoms with E-state index in [1.165, 1.54) is 29.0 Å². The first-order valence-corrected chi connectivity index (χ1v) is 11.6. The number of anilines is 1. The number of piperidine rings is 1. The van der Waals surface area contributed by atoms with Crippen LogP contribution in [0.5, 0.6) is 5.88 Å². The Hall–Kier alpha value is -2.24. The van der Waals surface area contributed by atoms with Gasteiger partial charge in [0, 0.05) is 31.5 Å². The molecule has 0 bridgehead atoms. The molecule has 146 valence electrons. The van der Waals surface area contributed by atoms with Crippen molar-refractivity contribution in [2.75, 3.05) is 24.1 Å². The molecule has 1 fully saturated rings. The van der Waals surface area contributed by atoms with E-state index in [0.29, 0.717) is 37.5 Å². The highest BCUT2D eigenvalue weighted by atomic mass is 32.2. The number of pyridine rings is 2. The monoisotopic (exact) mass is 412 g/mol. The number of aromatic nitrogens is 2. The molecule has 0 aromatic carbocycles. The average molecular weight is 412 g/mol. The van der Waals surface area contributed by atoms with Gasteiger partial charge in [-0.05, 0) is 31.0 Å². The van der Waals surface area contributed by atoms with Crippen molar-refractivity contribution in [3.63, 3.8) is 0 Å². The summed E-state index contributed by atoms with van der Waals surface area (Å²) in [4.78, 5) is 8.13. The Labute approximate surface area is 158 Å². The van der Waals surface area contributed by atoms with Gasteiger partial charge in [0.05, 0.1) is 18.1 Å². The topological polar surface area (TPSA) is 119 Å². The number of sulfonamides is 2. The molecule has 9 nitrogen and oxygen atoms in total. The molecule has 0 spiro atoms. The summed E-state index contributed by atoms with van der Waals surface area (Å²) in [5, 5.41) is 0. The molecular formula is C16H20N4O5S2. The molecule has 0 unspecified atom stereocenters. The van der Waals surface area contributed by atoms with Crippen LogP contribution in [0.4, 0.5) is 5.69 Å². The van der Waals surface area contributed by atoms with E-state index in [1.807, 2.05) is 0 Å². The quantitative estimate of drug-likeness (QED) is 0.754. The Balaban J connectivity index is 1.57. The van der Waals surface area contributed by atoms with E-state index < -0.39 is 20.0 Å². The highest BCUT2D eigenvalue weighted by Gasteiger charge is 2.30.